The highest BCUT2D eigenvalue weighted by Crippen LogP contribution is 2.08. The van der Waals surface area contributed by atoms with Gasteiger partial charge in [0.15, 0.2) is 0 Å². The highest BCUT2D eigenvalue weighted by molar-refractivity contribution is 7.89. The molecule has 1 amide bonds. The lowest BCUT2D eigenvalue weighted by molar-refractivity contribution is -0.124. The monoisotopic (exact) mass is 340 g/mol. The molecule has 0 aromatic heterocycles. The van der Waals surface area contributed by atoms with Gasteiger partial charge in [0.2, 0.25) is 15.9 Å². The molecule has 128 valence electrons. The van der Waals surface area contributed by atoms with Crippen LogP contribution in [0.5, 0.6) is 0 Å². The lowest BCUT2D eigenvalue weighted by atomic mass is 10.0. The Morgan fingerprint density at radius 3 is 2.57 bits per heavy atom. The fraction of sp³-hybridized carbons (Fsp3) is 0.562. The second-order valence-corrected chi connectivity index (χ2v) is 7.80. The summed E-state index contributed by atoms with van der Waals surface area (Å²) in [5.41, 5.74) is 1.09. The van der Waals surface area contributed by atoms with Gasteiger partial charge in [-0.15, -0.1) is 0 Å². The predicted molar refractivity (Wildman–Crippen MR) is 88.5 cm³/mol. The number of hydrogen-bond acceptors (Lipinski definition) is 4. The first kappa shape index (κ1) is 17.9. The van der Waals surface area contributed by atoms with Crippen molar-refractivity contribution in [1.82, 2.24) is 9.62 Å². The maximum atomic E-state index is 12.1. The molecule has 23 heavy (non-hydrogen) atoms. The molecule has 1 saturated heterocycles. The van der Waals surface area contributed by atoms with Crippen molar-refractivity contribution in [3.8, 4) is 0 Å². The van der Waals surface area contributed by atoms with Crippen molar-refractivity contribution in [3.63, 3.8) is 0 Å². The average Bonchev–Trinajstić information content (AvgIpc) is 2.56. The minimum absolute atomic E-state index is 0.0726. The third-order valence-electron chi connectivity index (χ3n) is 3.85. The van der Waals surface area contributed by atoms with E-state index in [1.54, 1.807) is 0 Å². The van der Waals surface area contributed by atoms with Gasteiger partial charge in [-0.05, 0) is 12.0 Å². The van der Waals surface area contributed by atoms with E-state index in [-0.39, 0.29) is 24.1 Å². The van der Waals surface area contributed by atoms with E-state index in [0.717, 1.165) is 5.56 Å². The van der Waals surface area contributed by atoms with E-state index in [4.69, 9.17) is 4.74 Å². The zero-order valence-corrected chi connectivity index (χ0v) is 14.2. The van der Waals surface area contributed by atoms with Gasteiger partial charge >= 0.3 is 0 Å². The molecule has 2 rings (SSSR count). The van der Waals surface area contributed by atoms with Gasteiger partial charge in [0.1, 0.15) is 0 Å². The number of hydrogen-bond donors (Lipinski definition) is 1. The maximum absolute atomic E-state index is 12.1. The van der Waals surface area contributed by atoms with E-state index in [9.17, 15) is 13.2 Å². The zero-order valence-electron chi connectivity index (χ0n) is 13.4. The van der Waals surface area contributed by atoms with Crippen LogP contribution in [0.4, 0.5) is 0 Å². The fourth-order valence-electron chi connectivity index (χ4n) is 2.49. The van der Waals surface area contributed by atoms with Crippen molar-refractivity contribution in [1.29, 1.82) is 0 Å². The SMILES string of the molecule is CC(Cc1ccccc1)C(=O)NCCS(=O)(=O)N1CCOCC1. The van der Waals surface area contributed by atoms with Crippen molar-refractivity contribution < 1.29 is 17.9 Å². The van der Waals surface area contributed by atoms with Crippen LogP contribution in [-0.2, 0) is 26.0 Å². The van der Waals surface area contributed by atoms with Crippen molar-refractivity contribution >= 4 is 15.9 Å². The summed E-state index contributed by atoms with van der Waals surface area (Å²) in [4.78, 5) is 12.1. The second-order valence-electron chi connectivity index (χ2n) is 5.71. The molecule has 7 heteroatoms. The Labute approximate surface area is 137 Å². The summed E-state index contributed by atoms with van der Waals surface area (Å²) in [6.07, 6.45) is 0.642. The zero-order chi connectivity index (χ0) is 16.7. The van der Waals surface area contributed by atoms with Gasteiger partial charge in [-0.3, -0.25) is 4.79 Å². The Morgan fingerprint density at radius 2 is 1.91 bits per heavy atom. The Balaban J connectivity index is 1.75. The fourth-order valence-corrected chi connectivity index (χ4v) is 3.82. The van der Waals surface area contributed by atoms with Crippen LogP contribution < -0.4 is 5.32 Å². The smallest absolute Gasteiger partial charge is 0.223 e. The van der Waals surface area contributed by atoms with Crippen molar-refractivity contribution in [3.05, 3.63) is 35.9 Å². The Kier molecular flexibility index (Phi) is 6.56. The quantitative estimate of drug-likeness (QED) is 0.790. The Hall–Kier alpha value is -1.44. The molecule has 1 aromatic carbocycles. The predicted octanol–water partition coefficient (Wildman–Crippen LogP) is 0.643. The van der Waals surface area contributed by atoms with E-state index < -0.39 is 10.0 Å². The van der Waals surface area contributed by atoms with E-state index in [2.05, 4.69) is 5.32 Å². The molecule has 6 nitrogen and oxygen atoms in total. The summed E-state index contributed by atoms with van der Waals surface area (Å²) in [7, 11) is -3.32. The average molecular weight is 340 g/mol. The summed E-state index contributed by atoms with van der Waals surface area (Å²) in [5, 5.41) is 2.72. The summed E-state index contributed by atoms with van der Waals surface area (Å²) in [5.74, 6) is -0.383. The number of nitrogens with one attached hydrogen (secondary N) is 1. The molecule has 1 aliphatic heterocycles. The molecule has 1 fully saturated rings. The van der Waals surface area contributed by atoms with Gasteiger partial charge in [-0.2, -0.15) is 4.31 Å². The number of rotatable bonds is 7. The van der Waals surface area contributed by atoms with E-state index in [1.165, 1.54) is 4.31 Å². The number of carbonyl (C=O) groups excluding carboxylic acids is 1. The maximum Gasteiger partial charge on any atom is 0.223 e. The van der Waals surface area contributed by atoms with E-state index >= 15 is 0 Å². The second kappa shape index (κ2) is 8.42. The minimum Gasteiger partial charge on any atom is -0.379 e. The van der Waals surface area contributed by atoms with Crippen LogP contribution in [0.25, 0.3) is 0 Å². The first-order valence-corrected chi connectivity index (χ1v) is 9.47. The molecule has 0 saturated carbocycles. The van der Waals surface area contributed by atoms with Crippen LogP contribution in [-0.4, -0.2) is 57.2 Å². The number of sulfonamides is 1. The summed E-state index contributed by atoms with van der Waals surface area (Å²) < 4.78 is 30.9. The highest BCUT2D eigenvalue weighted by atomic mass is 32.2. The van der Waals surface area contributed by atoms with Gasteiger partial charge in [-0.1, -0.05) is 37.3 Å². The standard InChI is InChI=1S/C16H24N2O4S/c1-14(13-15-5-3-2-4-6-15)16(19)17-7-12-23(20,21)18-8-10-22-11-9-18/h2-6,14H,7-13H2,1H3,(H,17,19). The lowest BCUT2D eigenvalue weighted by Gasteiger charge is -2.26. The summed E-state index contributed by atoms with van der Waals surface area (Å²) in [6, 6.07) is 9.77. The van der Waals surface area contributed by atoms with Crippen LogP contribution in [0.3, 0.4) is 0 Å². The first-order valence-electron chi connectivity index (χ1n) is 7.86. The normalized spacial score (nSPS) is 17.6. The highest BCUT2D eigenvalue weighted by Gasteiger charge is 2.24. The van der Waals surface area contributed by atoms with Crippen LogP contribution in [0.2, 0.25) is 0 Å². The van der Waals surface area contributed by atoms with Crippen LogP contribution in [0.15, 0.2) is 30.3 Å². The van der Waals surface area contributed by atoms with Gasteiger partial charge in [0.05, 0.1) is 19.0 Å². The number of carbonyl (C=O) groups is 1. The molecule has 1 aromatic rings. The first-order chi connectivity index (χ1) is 11.0. The van der Waals surface area contributed by atoms with Crippen LogP contribution in [0.1, 0.15) is 12.5 Å². The largest absolute Gasteiger partial charge is 0.379 e. The minimum atomic E-state index is -3.32. The molecule has 0 spiro atoms. The summed E-state index contributed by atoms with van der Waals surface area (Å²) >= 11 is 0. The van der Waals surface area contributed by atoms with Gasteiger partial charge in [0.25, 0.3) is 0 Å². The number of morpholine rings is 1. The Bertz CT molecular complexity index is 598. The molecule has 0 aliphatic carbocycles. The van der Waals surface area contributed by atoms with Crippen molar-refractivity contribution in [2.75, 3.05) is 38.6 Å². The number of benzene rings is 1. The van der Waals surface area contributed by atoms with Gasteiger partial charge < -0.3 is 10.1 Å². The lowest BCUT2D eigenvalue weighted by Crippen LogP contribution is -2.44. The summed E-state index contributed by atoms with van der Waals surface area (Å²) in [6.45, 7) is 3.62. The van der Waals surface area contributed by atoms with Crippen molar-refractivity contribution in [2.45, 2.75) is 13.3 Å². The number of nitrogens with zero attached hydrogens (tertiary/aromatic N) is 1. The Morgan fingerprint density at radius 1 is 1.26 bits per heavy atom. The van der Waals surface area contributed by atoms with Crippen LogP contribution >= 0.6 is 0 Å². The van der Waals surface area contributed by atoms with E-state index in [0.29, 0.717) is 32.7 Å². The molecule has 0 bridgehead atoms. The molecule has 1 aliphatic rings. The number of amides is 1. The molecule has 0 radical (unpaired) electrons. The van der Waals surface area contributed by atoms with Crippen LogP contribution in [0, 0.1) is 5.92 Å². The molecule has 1 atom stereocenters. The van der Waals surface area contributed by atoms with E-state index in [1.807, 2.05) is 37.3 Å². The molecule has 1 unspecified atom stereocenters. The third kappa shape index (κ3) is 5.60. The molecule has 1 N–H and O–H groups in total. The topological polar surface area (TPSA) is 75.7 Å². The molecule has 1 heterocycles. The molecular weight excluding hydrogens is 316 g/mol. The van der Waals surface area contributed by atoms with Crippen molar-refractivity contribution in [2.24, 2.45) is 5.92 Å². The van der Waals surface area contributed by atoms with Gasteiger partial charge in [0, 0.05) is 25.6 Å². The molecular formula is C16H24N2O4S. The van der Waals surface area contributed by atoms with Gasteiger partial charge in [-0.25, -0.2) is 8.42 Å². The number of ether oxygens (including phenoxy) is 1. The third-order valence-corrected chi connectivity index (χ3v) is 5.73.